The van der Waals surface area contributed by atoms with Crippen molar-refractivity contribution in [1.82, 2.24) is 10.3 Å². The maximum absolute atomic E-state index is 11.9. The molecule has 0 aliphatic heterocycles. The highest BCUT2D eigenvalue weighted by Gasteiger charge is 2.13. The number of nitrogens with one attached hydrogen (secondary N) is 1. The van der Waals surface area contributed by atoms with Gasteiger partial charge in [0.05, 0.1) is 11.8 Å². The molecule has 1 heterocycles. The summed E-state index contributed by atoms with van der Waals surface area (Å²) in [5, 5.41) is 12.5. The van der Waals surface area contributed by atoms with Gasteiger partial charge in [-0.05, 0) is 19.3 Å². The molecule has 5 heteroatoms. The molecule has 2 aromatic rings. The van der Waals surface area contributed by atoms with Gasteiger partial charge in [0.2, 0.25) is 5.91 Å². The first-order valence-electron chi connectivity index (χ1n) is 8.44. The second-order valence-electron chi connectivity index (χ2n) is 6.34. The molecule has 2 N–H and O–H groups in total. The smallest absolute Gasteiger partial charge is 0.220 e. The number of rotatable bonds is 8. The number of amides is 1. The Kier molecular flexibility index (Phi) is 6.55. The molecule has 2 rings (SSSR count). The van der Waals surface area contributed by atoms with Crippen molar-refractivity contribution in [3.63, 3.8) is 0 Å². The fraction of sp³-hybridized carbons (Fsp3) is 0.474. The van der Waals surface area contributed by atoms with Crippen LogP contribution in [-0.4, -0.2) is 28.6 Å². The third kappa shape index (κ3) is 5.20. The lowest BCUT2D eigenvalue weighted by molar-refractivity contribution is -0.121. The first kappa shape index (κ1) is 18.2. The Morgan fingerprint density at radius 3 is 2.67 bits per heavy atom. The molecule has 5 nitrogen and oxygen atoms in total. The molecule has 0 aliphatic carbocycles. The SMILES string of the molecule is Cc1nc(CCC(=O)NCCC(O)C(C)C)oc1-c1ccccc1. The number of carbonyl (C=O) groups is 1. The van der Waals surface area contributed by atoms with E-state index >= 15 is 0 Å². The van der Waals surface area contributed by atoms with E-state index in [0.717, 1.165) is 17.0 Å². The van der Waals surface area contributed by atoms with Crippen molar-refractivity contribution < 1.29 is 14.3 Å². The third-order valence-electron chi connectivity index (χ3n) is 3.97. The van der Waals surface area contributed by atoms with Gasteiger partial charge in [-0.1, -0.05) is 44.2 Å². The summed E-state index contributed by atoms with van der Waals surface area (Å²) in [6.07, 6.45) is 0.978. The van der Waals surface area contributed by atoms with E-state index in [1.54, 1.807) is 0 Å². The number of aliphatic hydroxyl groups excluding tert-OH is 1. The largest absolute Gasteiger partial charge is 0.440 e. The van der Waals surface area contributed by atoms with E-state index in [1.807, 2.05) is 51.1 Å². The van der Waals surface area contributed by atoms with Gasteiger partial charge in [0.1, 0.15) is 0 Å². The van der Waals surface area contributed by atoms with Gasteiger partial charge in [-0.2, -0.15) is 0 Å². The van der Waals surface area contributed by atoms with Gasteiger partial charge >= 0.3 is 0 Å². The maximum Gasteiger partial charge on any atom is 0.220 e. The number of aliphatic hydroxyl groups is 1. The zero-order chi connectivity index (χ0) is 17.5. The van der Waals surface area contributed by atoms with Gasteiger partial charge in [0.25, 0.3) is 0 Å². The summed E-state index contributed by atoms with van der Waals surface area (Å²) in [6.45, 7) is 6.31. The normalized spacial score (nSPS) is 12.4. The van der Waals surface area contributed by atoms with Gasteiger partial charge in [-0.15, -0.1) is 0 Å². The van der Waals surface area contributed by atoms with E-state index < -0.39 is 0 Å². The molecular weight excluding hydrogens is 304 g/mol. The van der Waals surface area contributed by atoms with Crippen LogP contribution in [0.4, 0.5) is 0 Å². The lowest BCUT2D eigenvalue weighted by atomic mass is 10.0. The Bertz CT molecular complexity index is 650. The Morgan fingerprint density at radius 2 is 2.00 bits per heavy atom. The summed E-state index contributed by atoms with van der Waals surface area (Å²) in [5.74, 6) is 1.48. The minimum Gasteiger partial charge on any atom is -0.440 e. The third-order valence-corrected chi connectivity index (χ3v) is 3.97. The number of carbonyl (C=O) groups excluding carboxylic acids is 1. The topological polar surface area (TPSA) is 75.4 Å². The fourth-order valence-corrected chi connectivity index (χ4v) is 2.42. The van der Waals surface area contributed by atoms with Crippen molar-refractivity contribution in [2.75, 3.05) is 6.54 Å². The van der Waals surface area contributed by atoms with Crippen LogP contribution in [0.15, 0.2) is 34.7 Å². The predicted molar refractivity (Wildman–Crippen MR) is 93.5 cm³/mol. The monoisotopic (exact) mass is 330 g/mol. The molecule has 0 aliphatic rings. The summed E-state index contributed by atoms with van der Waals surface area (Å²) in [5.41, 5.74) is 1.82. The number of nitrogens with zero attached hydrogens (tertiary/aromatic N) is 1. The Morgan fingerprint density at radius 1 is 1.29 bits per heavy atom. The van der Waals surface area contributed by atoms with Crippen LogP contribution in [0.1, 0.15) is 38.3 Å². The zero-order valence-electron chi connectivity index (χ0n) is 14.6. The van der Waals surface area contributed by atoms with Crippen molar-refractivity contribution >= 4 is 5.91 Å². The molecule has 130 valence electrons. The summed E-state index contributed by atoms with van der Waals surface area (Å²) in [6, 6.07) is 9.82. The molecule has 1 aromatic carbocycles. The summed E-state index contributed by atoms with van der Waals surface area (Å²) in [7, 11) is 0. The molecule has 1 atom stereocenters. The van der Waals surface area contributed by atoms with Crippen LogP contribution in [0.5, 0.6) is 0 Å². The lowest BCUT2D eigenvalue weighted by Crippen LogP contribution is -2.28. The van der Waals surface area contributed by atoms with E-state index in [4.69, 9.17) is 4.42 Å². The highest BCUT2D eigenvalue weighted by molar-refractivity contribution is 5.76. The quantitative estimate of drug-likeness (QED) is 0.780. The van der Waals surface area contributed by atoms with Crippen LogP contribution < -0.4 is 5.32 Å². The Labute approximate surface area is 143 Å². The van der Waals surface area contributed by atoms with Crippen molar-refractivity contribution in [2.45, 2.75) is 46.1 Å². The second-order valence-corrected chi connectivity index (χ2v) is 6.34. The molecule has 1 aromatic heterocycles. The number of oxazole rings is 1. The molecule has 0 bridgehead atoms. The average Bonchev–Trinajstić information content (AvgIpc) is 2.94. The molecule has 0 spiro atoms. The van der Waals surface area contributed by atoms with Gasteiger partial charge in [-0.3, -0.25) is 4.79 Å². The molecule has 0 fully saturated rings. The van der Waals surface area contributed by atoms with Gasteiger partial charge in [0, 0.05) is 24.9 Å². The van der Waals surface area contributed by atoms with Gasteiger partial charge in [-0.25, -0.2) is 4.98 Å². The molecule has 0 radical (unpaired) electrons. The van der Waals surface area contributed by atoms with Crippen LogP contribution >= 0.6 is 0 Å². The Hall–Kier alpha value is -2.14. The van der Waals surface area contributed by atoms with E-state index in [-0.39, 0.29) is 17.9 Å². The fourth-order valence-electron chi connectivity index (χ4n) is 2.42. The van der Waals surface area contributed by atoms with E-state index in [0.29, 0.717) is 31.7 Å². The van der Waals surface area contributed by atoms with Crippen LogP contribution in [0.2, 0.25) is 0 Å². The lowest BCUT2D eigenvalue weighted by Gasteiger charge is -2.14. The van der Waals surface area contributed by atoms with Crippen LogP contribution in [0.25, 0.3) is 11.3 Å². The first-order valence-corrected chi connectivity index (χ1v) is 8.44. The van der Waals surface area contributed by atoms with E-state index in [9.17, 15) is 9.90 Å². The number of aromatic nitrogens is 1. The van der Waals surface area contributed by atoms with Crippen LogP contribution in [0, 0.1) is 12.8 Å². The van der Waals surface area contributed by atoms with E-state index in [2.05, 4.69) is 10.3 Å². The molecule has 0 saturated carbocycles. The average molecular weight is 330 g/mol. The molecule has 0 saturated heterocycles. The molecule has 1 unspecified atom stereocenters. The van der Waals surface area contributed by atoms with Gasteiger partial charge in [0.15, 0.2) is 11.7 Å². The van der Waals surface area contributed by atoms with E-state index in [1.165, 1.54) is 0 Å². The maximum atomic E-state index is 11.9. The van der Waals surface area contributed by atoms with Crippen molar-refractivity contribution in [1.29, 1.82) is 0 Å². The van der Waals surface area contributed by atoms with Crippen molar-refractivity contribution in [3.8, 4) is 11.3 Å². The number of hydrogen-bond acceptors (Lipinski definition) is 4. The van der Waals surface area contributed by atoms with Crippen LogP contribution in [0.3, 0.4) is 0 Å². The highest BCUT2D eigenvalue weighted by Crippen LogP contribution is 2.24. The second kappa shape index (κ2) is 8.64. The van der Waals surface area contributed by atoms with Crippen LogP contribution in [-0.2, 0) is 11.2 Å². The highest BCUT2D eigenvalue weighted by atomic mass is 16.4. The number of benzene rings is 1. The summed E-state index contributed by atoms with van der Waals surface area (Å²) >= 11 is 0. The van der Waals surface area contributed by atoms with Crippen molar-refractivity contribution in [3.05, 3.63) is 41.9 Å². The molecular formula is C19H26N2O3. The number of aryl methyl sites for hydroxylation is 2. The molecule has 1 amide bonds. The summed E-state index contributed by atoms with van der Waals surface area (Å²) in [4.78, 5) is 16.3. The standard InChI is InChI=1S/C19H26N2O3/c1-13(2)16(22)11-12-20-17(23)9-10-18-21-14(3)19(24-18)15-7-5-4-6-8-15/h4-8,13,16,22H,9-12H2,1-3H3,(H,20,23). The molecule has 24 heavy (non-hydrogen) atoms. The first-order chi connectivity index (χ1) is 11.5. The predicted octanol–water partition coefficient (Wildman–Crippen LogP) is 3.11. The van der Waals surface area contributed by atoms with Crippen molar-refractivity contribution in [2.24, 2.45) is 5.92 Å². The minimum atomic E-state index is -0.381. The minimum absolute atomic E-state index is 0.0527. The number of hydrogen-bond donors (Lipinski definition) is 2. The van der Waals surface area contributed by atoms with Gasteiger partial charge < -0.3 is 14.8 Å². The Balaban J connectivity index is 1.81. The summed E-state index contributed by atoms with van der Waals surface area (Å²) < 4.78 is 5.79. The zero-order valence-corrected chi connectivity index (χ0v) is 14.6.